The number of carbonyl (C=O) groups is 2. The van der Waals surface area contributed by atoms with Crippen molar-refractivity contribution in [3.05, 3.63) is 90.6 Å². The number of rotatable bonds is 12. The van der Waals surface area contributed by atoms with Crippen LogP contribution in [0, 0.1) is 0 Å². The Balaban J connectivity index is 0.000000300. The van der Waals surface area contributed by atoms with Gasteiger partial charge in [0.15, 0.2) is 0 Å². The lowest BCUT2D eigenvalue weighted by Crippen LogP contribution is -2.46. The maximum atomic E-state index is 13.2. The van der Waals surface area contributed by atoms with Crippen LogP contribution in [-0.4, -0.2) is 76.7 Å². The molecule has 0 atom stereocenters. The van der Waals surface area contributed by atoms with Gasteiger partial charge in [-0.15, -0.1) is 0 Å². The van der Waals surface area contributed by atoms with Gasteiger partial charge in [0.05, 0.1) is 31.2 Å². The molecule has 0 aromatic heterocycles. The zero-order valence-corrected chi connectivity index (χ0v) is 34.1. The van der Waals surface area contributed by atoms with Gasteiger partial charge in [-0.2, -0.15) is 26.3 Å². The van der Waals surface area contributed by atoms with Gasteiger partial charge < -0.3 is 9.80 Å². The zero-order valence-electron chi connectivity index (χ0n) is 29.5. The van der Waals surface area contributed by atoms with Crippen molar-refractivity contribution in [1.29, 1.82) is 0 Å². The van der Waals surface area contributed by atoms with E-state index in [2.05, 4.69) is 22.6 Å². The van der Waals surface area contributed by atoms with Gasteiger partial charge >= 0.3 is 12.4 Å². The highest BCUT2D eigenvalue weighted by Gasteiger charge is 2.35. The monoisotopic (exact) mass is 916 g/mol. The van der Waals surface area contributed by atoms with E-state index in [0.29, 0.717) is 51.9 Å². The molecule has 2 aliphatic heterocycles. The molecular weight excluding hydrogens is 880 g/mol. The molecule has 2 aromatic rings. The summed E-state index contributed by atoms with van der Waals surface area (Å²) in [6.45, 7) is 7.77. The molecule has 2 aliphatic rings. The van der Waals surface area contributed by atoms with Crippen molar-refractivity contribution in [3.63, 3.8) is 0 Å². The van der Waals surface area contributed by atoms with Gasteiger partial charge in [-0.1, -0.05) is 59.6 Å². The quantitative estimate of drug-likeness (QED) is 0.208. The SMILES string of the molecule is C=CS(=O)(=O)NC1CCN(C(=O)CCc2cc(C(F)(F)F)cc(Cl)c2Cl)CC1.C=CS(=O)(=O)NC1CCN(C(=O)CCc2cc(Cl)c(Cl)cc2C(F)(F)F)CC1. The molecule has 56 heavy (non-hydrogen) atoms. The number of hydrogen-bond donors (Lipinski definition) is 2. The number of amides is 2. The summed E-state index contributed by atoms with van der Waals surface area (Å²) in [4.78, 5) is 27.8. The van der Waals surface area contributed by atoms with E-state index in [1.54, 1.807) is 4.90 Å². The number of likely N-dealkylation sites (tertiary alicyclic amines) is 2. The van der Waals surface area contributed by atoms with Crippen LogP contribution < -0.4 is 9.44 Å². The lowest BCUT2D eigenvalue weighted by Gasteiger charge is -2.32. The van der Waals surface area contributed by atoms with Gasteiger partial charge in [-0.25, -0.2) is 26.3 Å². The van der Waals surface area contributed by atoms with E-state index in [0.717, 1.165) is 35.1 Å². The number of piperidine rings is 2. The fraction of sp³-hybridized carbons (Fsp3) is 0.471. The first kappa shape index (κ1) is 47.8. The minimum atomic E-state index is -4.60. The fourth-order valence-corrected chi connectivity index (χ4v) is 8.29. The largest absolute Gasteiger partial charge is 0.416 e. The van der Waals surface area contributed by atoms with Crippen molar-refractivity contribution >= 4 is 78.3 Å². The van der Waals surface area contributed by atoms with E-state index < -0.39 is 43.5 Å². The molecule has 0 aliphatic carbocycles. The predicted molar refractivity (Wildman–Crippen MR) is 203 cm³/mol. The van der Waals surface area contributed by atoms with Gasteiger partial charge in [-0.3, -0.25) is 9.59 Å². The van der Waals surface area contributed by atoms with Gasteiger partial charge in [0.2, 0.25) is 31.9 Å². The first-order chi connectivity index (χ1) is 25.9. The van der Waals surface area contributed by atoms with E-state index >= 15 is 0 Å². The van der Waals surface area contributed by atoms with Crippen LogP contribution in [-0.2, 0) is 54.8 Å². The summed E-state index contributed by atoms with van der Waals surface area (Å²) < 4.78 is 129. The Morgan fingerprint density at radius 1 is 0.661 bits per heavy atom. The van der Waals surface area contributed by atoms with Crippen LogP contribution in [0.1, 0.15) is 60.8 Å². The standard InChI is InChI=1S/2C17H19Cl2F3N2O3S/c1-2-28(26,27)23-13-5-7-24(8-6-13)15(25)4-3-11-9-12(17(20,21)22)10-14(18)16(11)19;1-2-28(26,27)23-12-5-7-24(8-6-12)16(25)4-3-11-9-14(18)15(19)10-13(11)17(20,21)22/h2,9-10,13,23H,1,3-8H2;2,9-10,12,23H,1,3-8H2. The second-order valence-electron chi connectivity index (χ2n) is 12.8. The van der Waals surface area contributed by atoms with E-state index in [9.17, 15) is 52.8 Å². The Labute approximate surface area is 341 Å². The summed E-state index contributed by atoms with van der Waals surface area (Å²) in [5, 5.41) is 1.23. The van der Waals surface area contributed by atoms with E-state index in [-0.39, 0.29) is 80.8 Å². The summed E-state index contributed by atoms with van der Waals surface area (Å²) in [5.74, 6) is -0.543. The van der Waals surface area contributed by atoms with Crippen LogP contribution in [0.25, 0.3) is 0 Å². The van der Waals surface area contributed by atoms with Crippen molar-refractivity contribution in [3.8, 4) is 0 Å². The molecule has 2 saturated heterocycles. The molecule has 4 rings (SSSR count). The number of halogens is 10. The third kappa shape index (κ3) is 14.4. The van der Waals surface area contributed by atoms with E-state index in [1.807, 2.05) is 0 Å². The number of nitrogens with zero attached hydrogens (tertiary/aromatic N) is 2. The molecule has 2 amide bonds. The number of benzene rings is 2. The van der Waals surface area contributed by atoms with Crippen LogP contribution in [0.2, 0.25) is 20.1 Å². The number of alkyl halides is 6. The minimum absolute atomic E-state index is 0.00000607. The van der Waals surface area contributed by atoms with Crippen molar-refractivity contribution in [2.24, 2.45) is 0 Å². The molecule has 0 bridgehead atoms. The first-order valence-electron chi connectivity index (χ1n) is 16.8. The second kappa shape index (κ2) is 19.9. The summed E-state index contributed by atoms with van der Waals surface area (Å²) in [7, 11) is -7.09. The van der Waals surface area contributed by atoms with Gasteiger partial charge in [0.25, 0.3) is 0 Å². The first-order valence-corrected chi connectivity index (χ1v) is 21.4. The van der Waals surface area contributed by atoms with Gasteiger partial charge in [0.1, 0.15) is 0 Å². The van der Waals surface area contributed by atoms with Crippen molar-refractivity contribution in [2.45, 2.75) is 75.8 Å². The van der Waals surface area contributed by atoms with Crippen molar-refractivity contribution in [2.75, 3.05) is 26.2 Å². The zero-order chi connectivity index (χ0) is 42.2. The highest BCUT2D eigenvalue weighted by molar-refractivity contribution is 7.92. The number of nitrogens with one attached hydrogen (secondary N) is 2. The van der Waals surface area contributed by atoms with Gasteiger partial charge in [0, 0.05) is 61.9 Å². The molecule has 22 heteroatoms. The third-order valence-corrected chi connectivity index (χ3v) is 12.7. The highest BCUT2D eigenvalue weighted by Crippen LogP contribution is 2.38. The molecule has 0 radical (unpaired) electrons. The Hall–Kier alpha value is -2.58. The minimum Gasteiger partial charge on any atom is -0.343 e. The Morgan fingerprint density at radius 3 is 1.46 bits per heavy atom. The summed E-state index contributed by atoms with van der Waals surface area (Å²) >= 11 is 23.3. The fourth-order valence-electron chi connectivity index (χ4n) is 5.90. The molecule has 0 unspecified atom stereocenters. The third-order valence-electron chi connectivity index (χ3n) is 8.89. The Kier molecular flexibility index (Phi) is 17.0. The van der Waals surface area contributed by atoms with Crippen molar-refractivity contribution in [1.82, 2.24) is 19.2 Å². The van der Waals surface area contributed by atoms with Crippen LogP contribution in [0.4, 0.5) is 26.3 Å². The van der Waals surface area contributed by atoms with E-state index in [1.165, 1.54) is 4.90 Å². The molecule has 2 N–H and O–H groups in total. The number of carbonyl (C=O) groups excluding carboxylic acids is 2. The van der Waals surface area contributed by atoms with Crippen LogP contribution >= 0.6 is 46.4 Å². The Bertz CT molecular complexity index is 1990. The maximum Gasteiger partial charge on any atom is 0.416 e. The number of hydrogen-bond acceptors (Lipinski definition) is 6. The lowest BCUT2D eigenvalue weighted by molar-refractivity contribution is -0.139. The lowest BCUT2D eigenvalue weighted by atomic mass is 10.0. The summed E-state index contributed by atoms with van der Waals surface area (Å²) in [5.41, 5.74) is -1.76. The average molecular weight is 919 g/mol. The number of sulfonamides is 2. The molecule has 2 heterocycles. The highest BCUT2D eigenvalue weighted by atomic mass is 35.5. The summed E-state index contributed by atoms with van der Waals surface area (Å²) in [6.07, 6.45) is -7.72. The molecule has 0 saturated carbocycles. The molecule has 312 valence electrons. The average Bonchev–Trinajstić information content (AvgIpc) is 3.12. The molecule has 2 fully saturated rings. The number of aryl methyl sites for hydroxylation is 2. The molecule has 10 nitrogen and oxygen atoms in total. The molecule has 2 aromatic carbocycles. The topological polar surface area (TPSA) is 133 Å². The molecular formula is C34H38Cl4F6N4O6S2. The normalized spacial score (nSPS) is 16.2. The second-order valence-corrected chi connectivity index (χ2v) is 17.7. The van der Waals surface area contributed by atoms with E-state index in [4.69, 9.17) is 46.4 Å². The smallest absolute Gasteiger partial charge is 0.343 e. The Morgan fingerprint density at radius 2 is 1.07 bits per heavy atom. The van der Waals surface area contributed by atoms with Crippen LogP contribution in [0.15, 0.2) is 48.2 Å². The van der Waals surface area contributed by atoms with Crippen LogP contribution in [0.3, 0.4) is 0 Å². The predicted octanol–water partition coefficient (Wildman–Crippen LogP) is 8.00. The summed E-state index contributed by atoms with van der Waals surface area (Å²) in [6, 6.07) is 2.96. The molecule has 0 spiro atoms. The van der Waals surface area contributed by atoms with Crippen molar-refractivity contribution < 1.29 is 52.8 Å². The van der Waals surface area contributed by atoms with Crippen LogP contribution in [0.5, 0.6) is 0 Å². The maximum absolute atomic E-state index is 13.2. The van der Waals surface area contributed by atoms with Gasteiger partial charge in [-0.05, 0) is 73.9 Å².